The summed E-state index contributed by atoms with van der Waals surface area (Å²) >= 11 is 0. The smallest absolute Gasteiger partial charge is 0.124 e. The maximum absolute atomic E-state index is 12.5. The van der Waals surface area contributed by atoms with E-state index in [9.17, 15) is 15.3 Å². The first-order chi connectivity index (χ1) is 21.7. The Kier molecular flexibility index (Phi) is 11.3. The fraction of sp³-hybridized carbons (Fsp3) is 1.00. The molecule has 5 N–H and O–H groups in total. The largest absolute Gasteiger partial charge is 0.385 e. The van der Waals surface area contributed by atoms with E-state index in [1.807, 2.05) is 83.1 Å². The van der Waals surface area contributed by atoms with E-state index in [4.69, 9.17) is 28.4 Å². The number of hydrogen-bond acceptors (Lipinski definition) is 12. The van der Waals surface area contributed by atoms with Crippen LogP contribution < -0.4 is 10.6 Å². The van der Waals surface area contributed by atoms with Gasteiger partial charge in [-0.2, -0.15) is 0 Å². The van der Waals surface area contributed by atoms with Crippen LogP contribution in [0, 0.1) is 0 Å². The Hall–Kier alpha value is -0.480. The molecule has 0 atom stereocenters. The van der Waals surface area contributed by atoms with E-state index < -0.39 is 55.9 Å². The number of nitrogens with one attached hydrogen (secondary N) is 2. The standard InChI is InChI=1S/C36H69N3O9/c1-27(2)28(3,4)44-22-34(40,21-43-27)17-33(18-35(41)23-45-29(5,6)30(7,8)46-24-35)19-38-14-13-37-15-16-39(33)20-36(42)25-47-31(9,10)32(11,12)48-26-36/h37-38,40-42H,13-26H2,1-12H3. The summed E-state index contributed by atoms with van der Waals surface area (Å²) in [6, 6.07) is 0. The summed E-state index contributed by atoms with van der Waals surface area (Å²) in [7, 11) is 0. The van der Waals surface area contributed by atoms with Gasteiger partial charge in [0.2, 0.25) is 0 Å². The normalized spacial score (nSPS) is 32.3. The average molecular weight is 688 g/mol. The van der Waals surface area contributed by atoms with E-state index in [2.05, 4.69) is 15.5 Å². The van der Waals surface area contributed by atoms with Crippen LogP contribution in [0.15, 0.2) is 0 Å². The van der Waals surface area contributed by atoms with E-state index in [0.717, 1.165) is 6.54 Å². The zero-order valence-corrected chi connectivity index (χ0v) is 32.1. The Labute approximate surface area is 289 Å². The molecule has 0 bridgehead atoms. The number of rotatable bonds is 6. The Morgan fingerprint density at radius 1 is 0.458 bits per heavy atom. The van der Waals surface area contributed by atoms with Gasteiger partial charge in [0.25, 0.3) is 0 Å². The first kappa shape index (κ1) is 40.3. The van der Waals surface area contributed by atoms with Gasteiger partial charge in [-0.3, -0.25) is 4.90 Å². The lowest BCUT2D eigenvalue weighted by molar-refractivity contribution is -0.157. The number of hydrogen-bond donors (Lipinski definition) is 5. The van der Waals surface area contributed by atoms with Crippen molar-refractivity contribution in [3.63, 3.8) is 0 Å². The van der Waals surface area contributed by atoms with E-state index in [0.29, 0.717) is 26.2 Å². The van der Waals surface area contributed by atoms with E-state index in [1.54, 1.807) is 0 Å². The van der Waals surface area contributed by atoms with E-state index in [-0.39, 0.29) is 59.0 Å². The van der Waals surface area contributed by atoms with Crippen LogP contribution in [0.4, 0.5) is 0 Å². The number of aliphatic hydroxyl groups is 3. The summed E-state index contributed by atoms with van der Waals surface area (Å²) in [5.74, 6) is 0. The third kappa shape index (κ3) is 8.58. The quantitative estimate of drug-likeness (QED) is 0.279. The zero-order chi connectivity index (χ0) is 36.1. The predicted octanol–water partition coefficient (Wildman–Crippen LogP) is 2.01. The number of nitrogens with zero attached hydrogens (tertiary/aromatic N) is 1. The topological polar surface area (TPSA) is 143 Å². The molecule has 0 aromatic heterocycles. The van der Waals surface area contributed by atoms with Crippen LogP contribution in [-0.4, -0.2) is 155 Å². The highest BCUT2D eigenvalue weighted by molar-refractivity contribution is 5.09. The Morgan fingerprint density at radius 2 is 0.771 bits per heavy atom. The van der Waals surface area contributed by atoms with Crippen molar-refractivity contribution >= 4 is 0 Å². The lowest BCUT2D eigenvalue weighted by Gasteiger charge is -2.52. The lowest BCUT2D eigenvalue weighted by atomic mass is 9.75. The molecule has 12 heteroatoms. The van der Waals surface area contributed by atoms with Crippen molar-refractivity contribution < 1.29 is 43.7 Å². The molecule has 0 unspecified atom stereocenters. The van der Waals surface area contributed by atoms with Crippen molar-refractivity contribution in [2.45, 2.75) is 152 Å². The molecule has 4 rings (SSSR count). The Morgan fingerprint density at radius 3 is 1.12 bits per heavy atom. The molecule has 0 aromatic rings. The molecule has 48 heavy (non-hydrogen) atoms. The van der Waals surface area contributed by atoms with Crippen LogP contribution >= 0.6 is 0 Å². The maximum atomic E-state index is 12.5. The first-order valence-corrected chi connectivity index (χ1v) is 17.9. The predicted molar refractivity (Wildman–Crippen MR) is 184 cm³/mol. The van der Waals surface area contributed by atoms with Gasteiger partial charge in [0.15, 0.2) is 0 Å². The van der Waals surface area contributed by atoms with Crippen LogP contribution in [0.25, 0.3) is 0 Å². The molecular weight excluding hydrogens is 618 g/mol. The van der Waals surface area contributed by atoms with Crippen LogP contribution in [0.2, 0.25) is 0 Å². The van der Waals surface area contributed by atoms with Gasteiger partial charge in [0, 0.05) is 57.6 Å². The van der Waals surface area contributed by atoms with Gasteiger partial charge in [0.1, 0.15) is 16.8 Å². The number of ether oxygens (including phenoxy) is 6. The number of β-amino-alcohol motifs (C(OH)–C–C–N with tert-alkyl or cyclic N) is 1. The molecule has 0 spiro atoms. The van der Waals surface area contributed by atoms with Crippen molar-refractivity contribution in [3.8, 4) is 0 Å². The van der Waals surface area contributed by atoms with Gasteiger partial charge in [-0.1, -0.05) is 0 Å². The highest BCUT2D eigenvalue weighted by atomic mass is 16.6. The molecule has 282 valence electrons. The van der Waals surface area contributed by atoms with Gasteiger partial charge in [-0.15, -0.1) is 0 Å². The monoisotopic (exact) mass is 688 g/mol. The fourth-order valence-corrected chi connectivity index (χ4v) is 6.78. The molecule has 4 fully saturated rings. The van der Waals surface area contributed by atoms with Crippen LogP contribution in [0.3, 0.4) is 0 Å². The third-order valence-electron chi connectivity index (χ3n) is 12.5. The van der Waals surface area contributed by atoms with Crippen molar-refractivity contribution in [3.05, 3.63) is 0 Å². The minimum atomic E-state index is -1.42. The SMILES string of the molecule is CC1(C)OCC(O)(CN2CCNCCNCC2(CC2(O)COC(C)(C)C(C)(C)OC2)CC2(O)COC(C)(C)C(C)(C)OC2)COC1(C)C. The minimum absolute atomic E-state index is 0.0433. The molecule has 0 amide bonds. The van der Waals surface area contributed by atoms with Gasteiger partial charge < -0.3 is 54.4 Å². The highest BCUT2D eigenvalue weighted by Crippen LogP contribution is 2.43. The summed E-state index contributed by atoms with van der Waals surface area (Å²) in [4.78, 5) is 2.20. The van der Waals surface area contributed by atoms with Crippen LogP contribution in [0.1, 0.15) is 95.9 Å². The first-order valence-electron chi connectivity index (χ1n) is 17.9. The van der Waals surface area contributed by atoms with E-state index in [1.165, 1.54) is 0 Å². The molecule has 12 nitrogen and oxygen atoms in total. The highest BCUT2D eigenvalue weighted by Gasteiger charge is 2.56. The van der Waals surface area contributed by atoms with Gasteiger partial charge >= 0.3 is 0 Å². The zero-order valence-electron chi connectivity index (χ0n) is 32.1. The average Bonchev–Trinajstić information content (AvgIpc) is 3.09. The summed E-state index contributed by atoms with van der Waals surface area (Å²) in [6.07, 6.45) is 0.367. The van der Waals surface area contributed by atoms with E-state index >= 15 is 0 Å². The molecule has 4 saturated heterocycles. The van der Waals surface area contributed by atoms with Crippen molar-refractivity contribution in [2.24, 2.45) is 0 Å². The summed E-state index contributed by atoms with van der Waals surface area (Å²) in [5.41, 5.74) is -9.07. The van der Waals surface area contributed by atoms with Gasteiger partial charge in [0.05, 0.1) is 73.2 Å². The van der Waals surface area contributed by atoms with Crippen LogP contribution in [0.5, 0.6) is 0 Å². The third-order valence-corrected chi connectivity index (χ3v) is 12.5. The van der Waals surface area contributed by atoms with Crippen LogP contribution in [-0.2, 0) is 28.4 Å². The van der Waals surface area contributed by atoms with Crippen molar-refractivity contribution in [1.82, 2.24) is 15.5 Å². The Bertz CT molecular complexity index is 1000. The fourth-order valence-electron chi connectivity index (χ4n) is 6.78. The van der Waals surface area contributed by atoms with Crippen molar-refractivity contribution in [1.29, 1.82) is 0 Å². The summed E-state index contributed by atoms with van der Waals surface area (Å²) in [6.45, 7) is 27.2. The molecule has 0 aliphatic carbocycles. The minimum Gasteiger partial charge on any atom is -0.385 e. The summed E-state index contributed by atoms with van der Waals surface area (Å²) in [5, 5.41) is 44.4. The second-order valence-electron chi connectivity index (χ2n) is 18.4. The molecule has 4 heterocycles. The Balaban J connectivity index is 1.79. The molecule has 4 aliphatic rings. The molecule has 0 radical (unpaired) electrons. The second-order valence-corrected chi connectivity index (χ2v) is 18.4. The second kappa shape index (κ2) is 13.5. The van der Waals surface area contributed by atoms with Gasteiger partial charge in [-0.05, 0) is 83.1 Å². The van der Waals surface area contributed by atoms with Gasteiger partial charge in [-0.25, -0.2) is 0 Å². The maximum Gasteiger partial charge on any atom is 0.124 e. The molecule has 0 saturated carbocycles. The molecule has 0 aromatic carbocycles. The lowest BCUT2D eigenvalue weighted by Crippen LogP contribution is -2.67. The van der Waals surface area contributed by atoms with Crippen molar-refractivity contribution in [2.75, 3.05) is 78.9 Å². The molecular formula is C36H69N3O9. The molecule has 4 aliphatic heterocycles. The summed E-state index contributed by atoms with van der Waals surface area (Å²) < 4.78 is 38.4.